The van der Waals surface area contributed by atoms with Crippen LogP contribution in [0.25, 0.3) is 0 Å². The van der Waals surface area contributed by atoms with Crippen molar-refractivity contribution >= 4 is 0 Å². The predicted molar refractivity (Wildman–Crippen MR) is 76.8 cm³/mol. The number of nitrogens with zero attached hydrogens (tertiary/aromatic N) is 1. The minimum atomic E-state index is 0.810. The number of likely N-dealkylation sites (tertiary alicyclic amines) is 1. The molecule has 3 fully saturated rings. The van der Waals surface area contributed by atoms with E-state index in [2.05, 4.69) is 17.1 Å². The molecule has 1 heterocycles. The molecule has 0 aromatic carbocycles. The van der Waals surface area contributed by atoms with Crippen molar-refractivity contribution in [1.29, 1.82) is 0 Å². The molecule has 3 unspecified atom stereocenters. The summed E-state index contributed by atoms with van der Waals surface area (Å²) in [6.07, 6.45) is 13.3. The molecule has 0 amide bonds. The maximum atomic E-state index is 3.66. The molecular formula is C16H30N2. The molecule has 104 valence electrons. The first kappa shape index (κ1) is 12.9. The van der Waals surface area contributed by atoms with Crippen LogP contribution in [0.15, 0.2) is 0 Å². The summed E-state index contributed by atoms with van der Waals surface area (Å²) in [6.45, 7) is 4.78. The summed E-state index contributed by atoms with van der Waals surface area (Å²) in [5, 5.41) is 3.66. The predicted octanol–water partition coefficient (Wildman–Crippen LogP) is 3.17. The van der Waals surface area contributed by atoms with E-state index in [1.807, 2.05) is 0 Å². The molecule has 2 nitrogen and oxygen atoms in total. The van der Waals surface area contributed by atoms with Gasteiger partial charge in [-0.3, -0.25) is 4.90 Å². The Labute approximate surface area is 113 Å². The molecular weight excluding hydrogens is 220 g/mol. The number of nitrogens with one attached hydrogen (secondary N) is 1. The van der Waals surface area contributed by atoms with Crippen molar-refractivity contribution in [3.8, 4) is 0 Å². The van der Waals surface area contributed by atoms with Gasteiger partial charge < -0.3 is 5.32 Å². The van der Waals surface area contributed by atoms with Crippen LogP contribution in [-0.2, 0) is 0 Å². The van der Waals surface area contributed by atoms with Gasteiger partial charge in [0, 0.05) is 18.1 Å². The Morgan fingerprint density at radius 2 is 1.83 bits per heavy atom. The lowest BCUT2D eigenvalue weighted by Gasteiger charge is -2.34. The van der Waals surface area contributed by atoms with E-state index >= 15 is 0 Å². The fourth-order valence-corrected chi connectivity index (χ4v) is 4.85. The van der Waals surface area contributed by atoms with Crippen molar-refractivity contribution < 1.29 is 0 Å². The van der Waals surface area contributed by atoms with E-state index in [0.717, 1.165) is 30.6 Å². The van der Waals surface area contributed by atoms with E-state index in [1.54, 1.807) is 0 Å². The van der Waals surface area contributed by atoms with Gasteiger partial charge in [0.15, 0.2) is 0 Å². The normalized spacial score (nSPS) is 38.8. The summed E-state index contributed by atoms with van der Waals surface area (Å²) in [4.78, 5) is 2.92. The summed E-state index contributed by atoms with van der Waals surface area (Å²) >= 11 is 0. The molecule has 3 aliphatic rings. The lowest BCUT2D eigenvalue weighted by molar-refractivity contribution is 0.135. The smallest absolute Gasteiger partial charge is 0.0127 e. The van der Waals surface area contributed by atoms with Gasteiger partial charge >= 0.3 is 0 Å². The molecule has 3 atom stereocenters. The fourth-order valence-electron chi connectivity index (χ4n) is 4.85. The maximum absolute atomic E-state index is 3.66. The number of hydrogen-bond acceptors (Lipinski definition) is 2. The van der Waals surface area contributed by atoms with Gasteiger partial charge in [-0.1, -0.05) is 19.8 Å². The second kappa shape index (κ2) is 5.92. The third kappa shape index (κ3) is 2.60. The average molecular weight is 250 g/mol. The van der Waals surface area contributed by atoms with E-state index in [4.69, 9.17) is 0 Å². The van der Waals surface area contributed by atoms with Crippen molar-refractivity contribution in [3.05, 3.63) is 0 Å². The number of hydrogen-bond donors (Lipinski definition) is 1. The van der Waals surface area contributed by atoms with Crippen LogP contribution in [-0.4, -0.2) is 36.1 Å². The molecule has 1 aliphatic heterocycles. The first-order chi connectivity index (χ1) is 8.88. The van der Waals surface area contributed by atoms with E-state index in [-0.39, 0.29) is 0 Å². The zero-order valence-electron chi connectivity index (χ0n) is 12.0. The highest BCUT2D eigenvalue weighted by molar-refractivity contribution is 4.95. The Kier molecular flexibility index (Phi) is 4.25. The van der Waals surface area contributed by atoms with Gasteiger partial charge in [-0.2, -0.15) is 0 Å². The quantitative estimate of drug-likeness (QED) is 0.824. The summed E-state index contributed by atoms with van der Waals surface area (Å²) in [6, 6.07) is 2.67. The average Bonchev–Trinajstić information content (AvgIpc) is 3.10. The largest absolute Gasteiger partial charge is 0.314 e. The van der Waals surface area contributed by atoms with Crippen LogP contribution in [0.5, 0.6) is 0 Å². The molecule has 0 aromatic heterocycles. The van der Waals surface area contributed by atoms with Gasteiger partial charge in [0.05, 0.1) is 0 Å². The molecule has 0 bridgehead atoms. The van der Waals surface area contributed by atoms with Crippen molar-refractivity contribution in [1.82, 2.24) is 10.2 Å². The van der Waals surface area contributed by atoms with E-state index in [1.165, 1.54) is 64.3 Å². The van der Waals surface area contributed by atoms with Gasteiger partial charge in [0.25, 0.3) is 0 Å². The van der Waals surface area contributed by atoms with Gasteiger partial charge in [-0.25, -0.2) is 0 Å². The Morgan fingerprint density at radius 3 is 2.61 bits per heavy atom. The van der Waals surface area contributed by atoms with E-state index < -0.39 is 0 Å². The van der Waals surface area contributed by atoms with Crippen LogP contribution in [0.4, 0.5) is 0 Å². The van der Waals surface area contributed by atoms with Crippen molar-refractivity contribution in [2.24, 2.45) is 5.92 Å². The highest BCUT2D eigenvalue weighted by Gasteiger charge is 2.39. The standard InChI is InChI=1S/C16H30N2/c1-2-17-14-9-10-15(12-14)18-11-5-8-16(18)13-6-3-4-7-13/h13-17H,2-12H2,1H3. The molecule has 18 heavy (non-hydrogen) atoms. The van der Waals surface area contributed by atoms with Gasteiger partial charge in [0.2, 0.25) is 0 Å². The first-order valence-corrected chi connectivity index (χ1v) is 8.37. The van der Waals surface area contributed by atoms with Gasteiger partial charge in [-0.05, 0) is 64.0 Å². The minimum absolute atomic E-state index is 0.810. The van der Waals surface area contributed by atoms with Gasteiger partial charge in [0.1, 0.15) is 0 Å². The Hall–Kier alpha value is -0.0800. The molecule has 0 radical (unpaired) electrons. The Balaban J connectivity index is 1.57. The molecule has 2 heteroatoms. The highest BCUT2D eigenvalue weighted by atomic mass is 15.2. The maximum Gasteiger partial charge on any atom is 0.0127 e. The summed E-state index contributed by atoms with van der Waals surface area (Å²) in [5.74, 6) is 1.05. The van der Waals surface area contributed by atoms with E-state index in [9.17, 15) is 0 Å². The number of rotatable bonds is 4. The molecule has 3 rings (SSSR count). The summed E-state index contributed by atoms with van der Waals surface area (Å²) < 4.78 is 0. The fraction of sp³-hybridized carbons (Fsp3) is 1.00. The van der Waals surface area contributed by atoms with Crippen LogP contribution in [0.2, 0.25) is 0 Å². The van der Waals surface area contributed by atoms with Crippen molar-refractivity contribution in [3.63, 3.8) is 0 Å². The van der Waals surface area contributed by atoms with Crippen LogP contribution in [0.1, 0.15) is 64.7 Å². The third-order valence-electron chi connectivity index (χ3n) is 5.65. The summed E-state index contributed by atoms with van der Waals surface area (Å²) in [7, 11) is 0. The molecule has 0 aromatic rings. The molecule has 1 N–H and O–H groups in total. The molecule has 2 saturated carbocycles. The molecule has 2 aliphatic carbocycles. The lowest BCUT2D eigenvalue weighted by Crippen LogP contribution is -2.42. The van der Waals surface area contributed by atoms with Crippen molar-refractivity contribution in [2.75, 3.05) is 13.1 Å². The lowest BCUT2D eigenvalue weighted by atomic mass is 9.95. The minimum Gasteiger partial charge on any atom is -0.314 e. The molecule has 1 saturated heterocycles. The topological polar surface area (TPSA) is 15.3 Å². The second-order valence-electron chi connectivity index (χ2n) is 6.71. The second-order valence-corrected chi connectivity index (χ2v) is 6.71. The van der Waals surface area contributed by atoms with E-state index in [0.29, 0.717) is 0 Å². The first-order valence-electron chi connectivity index (χ1n) is 8.37. The van der Waals surface area contributed by atoms with Crippen LogP contribution >= 0.6 is 0 Å². The van der Waals surface area contributed by atoms with Crippen LogP contribution in [0.3, 0.4) is 0 Å². The SMILES string of the molecule is CCNC1CCC(N2CCCC2C2CCCC2)C1. The molecule has 0 spiro atoms. The summed E-state index contributed by atoms with van der Waals surface area (Å²) in [5.41, 5.74) is 0. The third-order valence-corrected chi connectivity index (χ3v) is 5.65. The zero-order chi connectivity index (χ0) is 12.4. The highest BCUT2D eigenvalue weighted by Crippen LogP contribution is 2.39. The zero-order valence-corrected chi connectivity index (χ0v) is 12.0. The monoisotopic (exact) mass is 250 g/mol. The van der Waals surface area contributed by atoms with Crippen LogP contribution in [0, 0.1) is 5.92 Å². The van der Waals surface area contributed by atoms with Crippen LogP contribution < -0.4 is 5.32 Å². The van der Waals surface area contributed by atoms with Crippen molar-refractivity contribution in [2.45, 2.75) is 82.8 Å². The Morgan fingerprint density at radius 1 is 1.00 bits per heavy atom. The van der Waals surface area contributed by atoms with Gasteiger partial charge in [-0.15, -0.1) is 0 Å². The Bertz CT molecular complexity index is 260.